The maximum atomic E-state index is 14.2. The molecular weight excluding hydrogens is 497 g/mol. The number of nitrogens with zero attached hydrogens (tertiary/aromatic N) is 7. The highest BCUT2D eigenvalue weighted by Crippen LogP contribution is 2.37. The Hall–Kier alpha value is -4.48. The van der Waals surface area contributed by atoms with Crippen LogP contribution in [0.1, 0.15) is 48.0 Å². The molecule has 1 amide bonds. The maximum Gasteiger partial charge on any atom is 0.416 e. The van der Waals surface area contributed by atoms with E-state index < -0.39 is 23.1 Å². The summed E-state index contributed by atoms with van der Waals surface area (Å²) in [6, 6.07) is 5.89. The number of carbonyl (C=O) groups excluding carboxylic acids is 1. The number of benzene rings is 1. The van der Waals surface area contributed by atoms with Crippen LogP contribution in [0.4, 0.5) is 13.2 Å². The Morgan fingerprint density at radius 2 is 1.76 bits per heavy atom. The maximum absolute atomic E-state index is 14.2. The van der Waals surface area contributed by atoms with Crippen LogP contribution in [0.5, 0.6) is 0 Å². The van der Waals surface area contributed by atoms with Gasteiger partial charge in [0.05, 0.1) is 40.8 Å². The summed E-state index contributed by atoms with van der Waals surface area (Å²) in [6.45, 7) is 5.37. The smallest absolute Gasteiger partial charge is 0.365 e. The van der Waals surface area contributed by atoms with Crippen molar-refractivity contribution in [2.75, 3.05) is 0 Å². The van der Waals surface area contributed by atoms with Gasteiger partial charge in [-0.3, -0.25) is 14.2 Å². The third kappa shape index (κ3) is 4.64. The van der Waals surface area contributed by atoms with Crippen molar-refractivity contribution in [1.29, 1.82) is 0 Å². The lowest BCUT2D eigenvalue weighted by atomic mass is 9.89. The third-order valence-corrected chi connectivity index (χ3v) is 6.20. The molecule has 1 aromatic carbocycles. The van der Waals surface area contributed by atoms with Gasteiger partial charge >= 0.3 is 6.18 Å². The standard InChI is InChI=1S/C26H25F3N8O/c1-25(2,3)23-19(24(30)38)13-36(34-23)11-16-6-5-15(7-20(16)26(27,28)29)22-21-8-17(12-37(21)33-14-31-22)18-9-32-35(4)10-18/h5-10,12-14H,11H2,1-4H3,(H2,30,38). The Morgan fingerprint density at radius 1 is 1.00 bits per heavy atom. The van der Waals surface area contributed by atoms with Crippen molar-refractivity contribution < 1.29 is 18.0 Å². The summed E-state index contributed by atoms with van der Waals surface area (Å²) in [7, 11) is 1.80. The monoisotopic (exact) mass is 522 g/mol. The van der Waals surface area contributed by atoms with Crippen LogP contribution in [0.25, 0.3) is 27.9 Å². The van der Waals surface area contributed by atoms with E-state index >= 15 is 0 Å². The number of hydrogen-bond acceptors (Lipinski definition) is 5. The normalized spacial score (nSPS) is 12.4. The first-order chi connectivity index (χ1) is 17.8. The van der Waals surface area contributed by atoms with Crippen molar-refractivity contribution in [3.63, 3.8) is 0 Å². The van der Waals surface area contributed by atoms with Gasteiger partial charge in [-0.15, -0.1) is 0 Å². The molecule has 0 unspecified atom stereocenters. The minimum absolute atomic E-state index is 0.00302. The predicted molar refractivity (Wildman–Crippen MR) is 134 cm³/mol. The summed E-state index contributed by atoms with van der Waals surface area (Å²) in [5.41, 5.74) is 7.63. The molecule has 0 aliphatic rings. The second-order valence-electron chi connectivity index (χ2n) is 10.1. The lowest BCUT2D eigenvalue weighted by Crippen LogP contribution is -2.20. The first kappa shape index (κ1) is 25.2. The fourth-order valence-electron chi connectivity index (χ4n) is 4.42. The number of primary amides is 1. The molecule has 0 saturated carbocycles. The average molecular weight is 523 g/mol. The van der Waals surface area contributed by atoms with E-state index in [4.69, 9.17) is 5.73 Å². The van der Waals surface area contributed by atoms with Crippen molar-refractivity contribution >= 4 is 11.4 Å². The molecule has 0 spiro atoms. The van der Waals surface area contributed by atoms with Crippen LogP contribution in [-0.4, -0.2) is 40.1 Å². The zero-order valence-electron chi connectivity index (χ0n) is 21.2. The summed E-state index contributed by atoms with van der Waals surface area (Å²) >= 11 is 0. The van der Waals surface area contributed by atoms with Gasteiger partial charge in [0.25, 0.3) is 5.91 Å². The van der Waals surface area contributed by atoms with Gasteiger partial charge in [0, 0.05) is 47.7 Å². The van der Waals surface area contributed by atoms with Crippen LogP contribution < -0.4 is 5.73 Å². The number of rotatable bonds is 5. The summed E-state index contributed by atoms with van der Waals surface area (Å²) in [6.07, 6.45) is 3.37. The van der Waals surface area contributed by atoms with Crippen LogP contribution in [-0.2, 0) is 25.2 Å². The van der Waals surface area contributed by atoms with Gasteiger partial charge < -0.3 is 5.73 Å². The molecule has 4 heterocycles. The number of aryl methyl sites for hydroxylation is 1. The molecular formula is C26H25F3N8O. The van der Waals surface area contributed by atoms with E-state index in [1.807, 2.05) is 33.0 Å². The second kappa shape index (κ2) is 8.82. The topological polar surface area (TPSA) is 109 Å². The van der Waals surface area contributed by atoms with Gasteiger partial charge in [-0.2, -0.15) is 28.5 Å². The number of aromatic nitrogens is 7. The third-order valence-electron chi connectivity index (χ3n) is 6.20. The number of fused-ring (bicyclic) bond motifs is 1. The molecule has 0 atom stereocenters. The molecule has 196 valence electrons. The summed E-state index contributed by atoms with van der Waals surface area (Å²) in [5.74, 6) is -0.682. The Morgan fingerprint density at radius 3 is 2.37 bits per heavy atom. The lowest BCUT2D eigenvalue weighted by molar-refractivity contribution is -0.138. The van der Waals surface area contributed by atoms with E-state index in [9.17, 15) is 18.0 Å². The van der Waals surface area contributed by atoms with E-state index in [1.165, 1.54) is 23.3 Å². The average Bonchev–Trinajstić information content (AvgIpc) is 3.55. The highest BCUT2D eigenvalue weighted by atomic mass is 19.4. The Labute approximate surface area is 215 Å². The van der Waals surface area contributed by atoms with Gasteiger partial charge in [0.15, 0.2) is 0 Å². The van der Waals surface area contributed by atoms with Crippen LogP contribution >= 0.6 is 0 Å². The molecule has 4 aromatic heterocycles. The molecule has 0 fully saturated rings. The molecule has 5 aromatic rings. The fourth-order valence-corrected chi connectivity index (χ4v) is 4.42. The molecule has 0 aliphatic heterocycles. The van der Waals surface area contributed by atoms with Crippen molar-refractivity contribution in [3.05, 3.63) is 77.8 Å². The molecule has 0 bridgehead atoms. The molecule has 2 N–H and O–H groups in total. The second-order valence-corrected chi connectivity index (χ2v) is 10.1. The van der Waals surface area contributed by atoms with Gasteiger partial charge in [-0.1, -0.05) is 32.9 Å². The SMILES string of the molecule is Cn1cc(-c2cc3c(-c4ccc(Cn5cc(C(N)=O)c(C(C)(C)C)n5)c(C(F)(F)F)c4)ncnn3c2)cn1. The van der Waals surface area contributed by atoms with E-state index in [1.54, 1.807) is 34.7 Å². The Bertz CT molecular complexity index is 1670. The van der Waals surface area contributed by atoms with E-state index in [-0.39, 0.29) is 23.2 Å². The van der Waals surface area contributed by atoms with Crippen LogP contribution in [0.2, 0.25) is 0 Å². The molecule has 38 heavy (non-hydrogen) atoms. The van der Waals surface area contributed by atoms with Crippen LogP contribution in [0.3, 0.4) is 0 Å². The largest absolute Gasteiger partial charge is 0.416 e. The van der Waals surface area contributed by atoms with Crippen molar-refractivity contribution in [3.8, 4) is 22.4 Å². The summed E-state index contributed by atoms with van der Waals surface area (Å²) in [5, 5.41) is 12.8. The quantitative estimate of drug-likeness (QED) is 0.367. The highest BCUT2D eigenvalue weighted by Gasteiger charge is 2.34. The number of amides is 1. The lowest BCUT2D eigenvalue weighted by Gasteiger charge is -2.17. The zero-order valence-corrected chi connectivity index (χ0v) is 21.2. The first-order valence-corrected chi connectivity index (χ1v) is 11.7. The van der Waals surface area contributed by atoms with Crippen molar-refractivity contribution in [2.45, 2.75) is 38.9 Å². The van der Waals surface area contributed by atoms with E-state index in [0.717, 1.165) is 17.2 Å². The minimum atomic E-state index is -4.63. The van der Waals surface area contributed by atoms with Crippen LogP contribution in [0.15, 0.2) is 55.4 Å². The van der Waals surface area contributed by atoms with E-state index in [0.29, 0.717) is 16.9 Å². The fraction of sp³-hybridized carbons (Fsp3) is 0.269. The van der Waals surface area contributed by atoms with Crippen LogP contribution in [0, 0.1) is 0 Å². The Kier molecular flexibility index (Phi) is 5.85. The Balaban J connectivity index is 1.57. The molecule has 0 saturated heterocycles. The summed E-state index contributed by atoms with van der Waals surface area (Å²) in [4.78, 5) is 16.2. The number of alkyl halides is 3. The molecule has 0 aliphatic carbocycles. The molecule has 12 heteroatoms. The first-order valence-electron chi connectivity index (χ1n) is 11.7. The molecule has 0 radical (unpaired) electrons. The minimum Gasteiger partial charge on any atom is -0.365 e. The number of nitrogens with two attached hydrogens (primary N) is 1. The predicted octanol–water partition coefficient (Wildman–Crippen LogP) is 4.46. The van der Waals surface area contributed by atoms with Crippen molar-refractivity contribution in [2.24, 2.45) is 12.8 Å². The van der Waals surface area contributed by atoms with Gasteiger partial charge in [-0.25, -0.2) is 9.50 Å². The molecule has 9 nitrogen and oxygen atoms in total. The summed E-state index contributed by atoms with van der Waals surface area (Å²) < 4.78 is 47.3. The zero-order chi connectivity index (χ0) is 27.4. The van der Waals surface area contributed by atoms with Crippen molar-refractivity contribution in [1.82, 2.24) is 34.2 Å². The van der Waals surface area contributed by atoms with Gasteiger partial charge in [0.1, 0.15) is 6.33 Å². The van der Waals surface area contributed by atoms with Gasteiger partial charge in [-0.05, 0) is 17.7 Å². The number of halogens is 3. The number of hydrogen-bond donors (Lipinski definition) is 1. The molecule has 5 rings (SSSR count). The number of carbonyl (C=O) groups is 1. The van der Waals surface area contributed by atoms with Gasteiger partial charge in [0.2, 0.25) is 0 Å². The van der Waals surface area contributed by atoms with E-state index in [2.05, 4.69) is 20.3 Å². The highest BCUT2D eigenvalue weighted by molar-refractivity contribution is 5.94.